The zero-order chi connectivity index (χ0) is 24.8. The molecule has 36 heavy (non-hydrogen) atoms. The molecule has 200 valence electrons. The van der Waals surface area contributed by atoms with Crippen LogP contribution in [0.15, 0.2) is 48.5 Å². The highest BCUT2D eigenvalue weighted by Crippen LogP contribution is 2.50. The Kier molecular flexibility index (Phi) is 10.3. The average Bonchev–Trinajstić information content (AvgIpc) is 3.67. The lowest BCUT2D eigenvalue weighted by atomic mass is 10.00. The standard InChI is InChI=1S/C26H38N4O4S.ClH/c1-2-27-22-15-20(16-23(17-22)30-12-6-7-13-35(30,33)34)26(32)29-24(14-19-8-4-3-5-9-19)25(31)18-28-21-10-11-21;/h3-5,8-9,15-17,21,24-25,27-28,31,33-34H,2,6-7,10-14,18H2,1H3,(H,29,32);1H/t24-,25-;/m0./s1. The molecule has 8 nitrogen and oxygen atoms in total. The van der Waals surface area contributed by atoms with E-state index in [-0.39, 0.29) is 18.3 Å². The Morgan fingerprint density at radius 3 is 2.56 bits per heavy atom. The Morgan fingerprint density at radius 1 is 1.14 bits per heavy atom. The summed E-state index contributed by atoms with van der Waals surface area (Å²) in [5.41, 5.74) is 2.81. The van der Waals surface area contributed by atoms with E-state index in [1.807, 2.05) is 43.3 Å². The molecule has 2 fully saturated rings. The van der Waals surface area contributed by atoms with Crippen molar-refractivity contribution in [1.82, 2.24) is 10.6 Å². The van der Waals surface area contributed by atoms with Crippen molar-refractivity contribution in [3.8, 4) is 0 Å². The lowest BCUT2D eigenvalue weighted by Crippen LogP contribution is -2.49. The molecule has 2 aliphatic rings. The van der Waals surface area contributed by atoms with Gasteiger partial charge in [-0.2, -0.15) is 0 Å². The fourth-order valence-electron chi connectivity index (χ4n) is 4.42. The van der Waals surface area contributed by atoms with Crippen LogP contribution in [0, 0.1) is 0 Å². The first-order valence-corrected chi connectivity index (χ1v) is 14.2. The van der Waals surface area contributed by atoms with Crippen molar-refractivity contribution in [3.05, 3.63) is 59.7 Å². The summed E-state index contributed by atoms with van der Waals surface area (Å²) in [6.45, 7) is 3.59. The van der Waals surface area contributed by atoms with Crippen molar-refractivity contribution >= 4 is 40.5 Å². The lowest BCUT2D eigenvalue weighted by Gasteiger charge is -2.47. The van der Waals surface area contributed by atoms with Gasteiger partial charge >= 0.3 is 0 Å². The predicted molar refractivity (Wildman–Crippen MR) is 151 cm³/mol. The van der Waals surface area contributed by atoms with Gasteiger partial charge in [-0.25, -0.2) is 0 Å². The van der Waals surface area contributed by atoms with Crippen LogP contribution in [0.25, 0.3) is 0 Å². The smallest absolute Gasteiger partial charge is 0.251 e. The van der Waals surface area contributed by atoms with Gasteiger partial charge in [0.05, 0.1) is 23.6 Å². The van der Waals surface area contributed by atoms with E-state index in [0.29, 0.717) is 49.1 Å². The summed E-state index contributed by atoms with van der Waals surface area (Å²) in [7, 11) is -2.91. The molecular weight excluding hydrogens is 500 g/mol. The first kappa shape index (κ1) is 28.6. The normalized spacial score (nSPS) is 19.5. The van der Waals surface area contributed by atoms with Crippen molar-refractivity contribution in [2.75, 3.05) is 35.0 Å². The molecule has 0 unspecified atom stereocenters. The van der Waals surface area contributed by atoms with E-state index in [1.165, 1.54) is 0 Å². The van der Waals surface area contributed by atoms with Gasteiger partial charge in [-0.3, -0.25) is 18.2 Å². The number of halogens is 1. The summed E-state index contributed by atoms with van der Waals surface area (Å²) in [5, 5.41) is 20.6. The Morgan fingerprint density at radius 2 is 1.89 bits per heavy atom. The second kappa shape index (κ2) is 13.0. The van der Waals surface area contributed by atoms with Gasteiger partial charge in [0.2, 0.25) is 0 Å². The maximum absolute atomic E-state index is 13.4. The predicted octanol–water partition coefficient (Wildman–Crippen LogP) is 4.26. The summed E-state index contributed by atoms with van der Waals surface area (Å²) in [5.74, 6) is 0.0325. The molecule has 1 aliphatic heterocycles. The molecule has 2 atom stereocenters. The quantitative estimate of drug-likeness (QED) is 0.253. The lowest BCUT2D eigenvalue weighted by molar-refractivity contribution is 0.0830. The number of anilines is 2. The fourth-order valence-corrected chi connectivity index (χ4v) is 6.09. The third-order valence-corrected chi connectivity index (χ3v) is 8.44. The highest BCUT2D eigenvalue weighted by Gasteiger charge is 2.29. The van der Waals surface area contributed by atoms with Crippen molar-refractivity contribution < 1.29 is 19.0 Å². The molecule has 10 heteroatoms. The van der Waals surface area contributed by atoms with E-state index >= 15 is 0 Å². The Balaban J connectivity index is 0.00000361. The number of hydrogen-bond donors (Lipinski definition) is 6. The van der Waals surface area contributed by atoms with Crippen molar-refractivity contribution in [1.29, 1.82) is 0 Å². The third kappa shape index (κ3) is 7.74. The highest BCUT2D eigenvalue weighted by atomic mass is 35.5. The van der Waals surface area contributed by atoms with Gasteiger partial charge in [0.25, 0.3) is 5.91 Å². The largest absolute Gasteiger partial charge is 0.390 e. The van der Waals surface area contributed by atoms with Crippen LogP contribution in [-0.4, -0.2) is 63.7 Å². The maximum atomic E-state index is 13.4. The molecule has 1 saturated carbocycles. The van der Waals surface area contributed by atoms with Crippen molar-refractivity contribution in [2.45, 2.75) is 57.2 Å². The van der Waals surface area contributed by atoms with Gasteiger partial charge in [-0.1, -0.05) is 30.3 Å². The zero-order valence-electron chi connectivity index (χ0n) is 20.7. The molecule has 6 N–H and O–H groups in total. The van der Waals surface area contributed by atoms with Gasteiger partial charge < -0.3 is 21.1 Å². The number of benzene rings is 2. The van der Waals surface area contributed by atoms with Gasteiger partial charge in [-0.05, 0) is 62.8 Å². The number of aliphatic hydroxyl groups is 1. The van der Waals surface area contributed by atoms with E-state index < -0.39 is 22.9 Å². The molecule has 4 rings (SSSR count). The number of hydrogen-bond acceptors (Lipinski definition) is 7. The highest BCUT2D eigenvalue weighted by molar-refractivity contribution is 8.25. The van der Waals surface area contributed by atoms with Crippen LogP contribution in [0.2, 0.25) is 0 Å². The van der Waals surface area contributed by atoms with E-state index in [0.717, 1.165) is 36.9 Å². The minimum absolute atomic E-state index is 0. The molecule has 1 amide bonds. The summed E-state index contributed by atoms with van der Waals surface area (Å²) < 4.78 is 22.9. The minimum atomic E-state index is -2.91. The van der Waals surface area contributed by atoms with Crippen LogP contribution in [0.4, 0.5) is 11.4 Å². The molecule has 0 bridgehead atoms. The number of carbonyl (C=O) groups excluding carboxylic acids is 1. The number of aliphatic hydroxyl groups excluding tert-OH is 1. The van der Waals surface area contributed by atoms with Crippen LogP contribution in [0.1, 0.15) is 48.5 Å². The Labute approximate surface area is 221 Å². The molecule has 2 aromatic rings. The first-order chi connectivity index (χ1) is 16.9. The minimum Gasteiger partial charge on any atom is -0.390 e. The number of rotatable bonds is 11. The summed E-state index contributed by atoms with van der Waals surface area (Å²) in [4.78, 5) is 13.4. The molecule has 0 radical (unpaired) electrons. The van der Waals surface area contributed by atoms with Gasteiger partial charge in [-0.15, -0.1) is 23.2 Å². The first-order valence-electron chi connectivity index (χ1n) is 12.5. The SMILES string of the molecule is CCNc1cc(C(=O)N[C@@H](Cc2ccccc2)[C@@H](O)CNC2CC2)cc(N2CCCCS2(O)O)c1.Cl. The monoisotopic (exact) mass is 538 g/mol. The summed E-state index contributed by atoms with van der Waals surface area (Å²) in [6, 6.07) is 15.2. The zero-order valence-corrected chi connectivity index (χ0v) is 22.4. The van der Waals surface area contributed by atoms with Crippen LogP contribution >= 0.6 is 23.2 Å². The van der Waals surface area contributed by atoms with E-state index in [4.69, 9.17) is 0 Å². The molecule has 2 aromatic carbocycles. The molecule has 1 saturated heterocycles. The maximum Gasteiger partial charge on any atom is 0.251 e. The van der Waals surface area contributed by atoms with E-state index in [1.54, 1.807) is 16.4 Å². The molecule has 1 heterocycles. The third-order valence-electron chi connectivity index (χ3n) is 6.50. The number of nitrogens with one attached hydrogen (secondary N) is 3. The molecule has 1 aliphatic carbocycles. The molecular formula is C26H39ClN4O4S. The average molecular weight is 539 g/mol. The molecule has 0 aromatic heterocycles. The number of nitrogens with zero attached hydrogens (tertiary/aromatic N) is 1. The van der Waals surface area contributed by atoms with Crippen molar-refractivity contribution in [3.63, 3.8) is 0 Å². The van der Waals surface area contributed by atoms with E-state index in [9.17, 15) is 19.0 Å². The Hall–Kier alpha value is -2.01. The van der Waals surface area contributed by atoms with Crippen molar-refractivity contribution in [2.24, 2.45) is 0 Å². The number of carbonyl (C=O) groups is 1. The molecule has 0 spiro atoms. The van der Waals surface area contributed by atoms with Crippen LogP contribution < -0.4 is 20.3 Å². The van der Waals surface area contributed by atoms with Gasteiger partial charge in [0.15, 0.2) is 0 Å². The van der Waals surface area contributed by atoms with Crippen LogP contribution in [0.3, 0.4) is 0 Å². The van der Waals surface area contributed by atoms with Crippen LogP contribution in [-0.2, 0) is 6.42 Å². The second-order valence-corrected chi connectivity index (χ2v) is 11.6. The number of amides is 1. The topological polar surface area (TPSA) is 117 Å². The summed E-state index contributed by atoms with van der Waals surface area (Å²) >= 11 is 0. The Bertz CT molecular complexity index is 993. The summed E-state index contributed by atoms with van der Waals surface area (Å²) in [6.07, 6.45) is 3.64. The van der Waals surface area contributed by atoms with Crippen LogP contribution in [0.5, 0.6) is 0 Å². The second-order valence-electron chi connectivity index (χ2n) is 9.46. The van der Waals surface area contributed by atoms with Gasteiger partial charge in [0, 0.05) is 36.9 Å². The fraction of sp³-hybridized carbons (Fsp3) is 0.500. The van der Waals surface area contributed by atoms with Gasteiger partial charge in [0.1, 0.15) is 0 Å². The van der Waals surface area contributed by atoms with E-state index in [2.05, 4.69) is 16.0 Å².